The summed E-state index contributed by atoms with van der Waals surface area (Å²) in [5.41, 5.74) is 7.04. The fraction of sp³-hybridized carbons (Fsp3) is 0.538. The molecule has 0 aliphatic carbocycles. The van der Waals surface area contributed by atoms with Crippen molar-refractivity contribution in [3.8, 4) is 0 Å². The van der Waals surface area contributed by atoms with Crippen LogP contribution >= 0.6 is 0 Å². The molecule has 0 spiro atoms. The first-order valence-corrected chi connectivity index (χ1v) is 6.12. The van der Waals surface area contributed by atoms with E-state index >= 15 is 0 Å². The minimum atomic E-state index is -0.642. The van der Waals surface area contributed by atoms with E-state index in [1.165, 1.54) is 0 Å². The molecular weight excluding hydrogens is 234 g/mol. The quantitative estimate of drug-likeness (QED) is 0.792. The van der Waals surface area contributed by atoms with Crippen molar-refractivity contribution in [3.63, 3.8) is 0 Å². The summed E-state index contributed by atoms with van der Waals surface area (Å²) in [6.07, 6.45) is -1.87. The van der Waals surface area contributed by atoms with Crippen LogP contribution in [0.4, 0.5) is 0 Å². The first-order valence-electron chi connectivity index (χ1n) is 6.12. The van der Waals surface area contributed by atoms with Gasteiger partial charge in [0.2, 0.25) is 0 Å². The van der Waals surface area contributed by atoms with E-state index in [0.29, 0.717) is 13.2 Å². The molecule has 2 aliphatic rings. The average Bonchev–Trinajstić information content (AvgIpc) is 2.66. The van der Waals surface area contributed by atoms with Crippen molar-refractivity contribution in [1.29, 1.82) is 0 Å². The molecule has 5 atom stereocenters. The van der Waals surface area contributed by atoms with Gasteiger partial charge in [-0.25, -0.2) is 0 Å². The maximum Gasteiger partial charge on any atom is 0.176 e. The van der Waals surface area contributed by atoms with E-state index in [1.807, 2.05) is 30.3 Å². The highest BCUT2D eigenvalue weighted by atomic mass is 16.7. The first kappa shape index (κ1) is 12.1. The van der Waals surface area contributed by atoms with Crippen molar-refractivity contribution in [2.45, 2.75) is 37.3 Å². The van der Waals surface area contributed by atoms with Crippen LogP contribution in [0.5, 0.6) is 0 Å². The largest absolute Gasteiger partial charge is 0.388 e. The third-order valence-corrected chi connectivity index (χ3v) is 3.43. The Morgan fingerprint density at radius 3 is 2.89 bits per heavy atom. The molecule has 2 aliphatic heterocycles. The van der Waals surface area contributed by atoms with Gasteiger partial charge in [-0.05, 0) is 5.56 Å². The molecule has 5 unspecified atom stereocenters. The summed E-state index contributed by atoms with van der Waals surface area (Å²) in [5, 5.41) is 9.80. The summed E-state index contributed by atoms with van der Waals surface area (Å²) >= 11 is 0. The van der Waals surface area contributed by atoms with Crippen molar-refractivity contribution in [2.24, 2.45) is 5.73 Å². The SMILES string of the molecule is NC1C(OCc2ccccc2)OC2COC1C2O. The fourth-order valence-electron chi connectivity index (χ4n) is 2.39. The van der Waals surface area contributed by atoms with Crippen LogP contribution in [-0.2, 0) is 20.8 Å². The topological polar surface area (TPSA) is 73.9 Å². The lowest BCUT2D eigenvalue weighted by Crippen LogP contribution is -2.57. The van der Waals surface area contributed by atoms with Gasteiger partial charge in [-0.3, -0.25) is 0 Å². The molecule has 2 saturated heterocycles. The minimum absolute atomic E-state index is 0.324. The standard InChI is InChI=1S/C13H17NO4/c14-10-12-11(15)9(7-16-12)18-13(10)17-6-8-4-2-1-3-5-8/h1-5,9-13,15H,6-7,14H2. The van der Waals surface area contributed by atoms with Crippen LogP contribution in [0.3, 0.4) is 0 Å². The molecule has 98 valence electrons. The van der Waals surface area contributed by atoms with Crippen LogP contribution in [0.2, 0.25) is 0 Å². The van der Waals surface area contributed by atoms with E-state index in [2.05, 4.69) is 0 Å². The monoisotopic (exact) mass is 251 g/mol. The number of fused-ring (bicyclic) bond motifs is 2. The molecular formula is C13H17NO4. The van der Waals surface area contributed by atoms with Crippen molar-refractivity contribution in [1.82, 2.24) is 0 Å². The van der Waals surface area contributed by atoms with Gasteiger partial charge < -0.3 is 25.1 Å². The molecule has 3 N–H and O–H groups in total. The molecule has 2 bridgehead atoms. The van der Waals surface area contributed by atoms with Gasteiger partial charge in [-0.1, -0.05) is 30.3 Å². The molecule has 0 amide bonds. The van der Waals surface area contributed by atoms with Crippen LogP contribution in [-0.4, -0.2) is 42.4 Å². The van der Waals surface area contributed by atoms with Crippen molar-refractivity contribution >= 4 is 0 Å². The zero-order chi connectivity index (χ0) is 12.5. The number of aliphatic hydroxyl groups is 1. The van der Waals surface area contributed by atoms with Crippen LogP contribution in [0, 0.1) is 0 Å². The first-order chi connectivity index (χ1) is 8.75. The summed E-state index contributed by atoms with van der Waals surface area (Å²) in [6.45, 7) is 0.819. The normalized spacial score (nSPS) is 38.9. The maximum atomic E-state index is 9.80. The highest BCUT2D eigenvalue weighted by molar-refractivity contribution is 5.13. The van der Waals surface area contributed by atoms with Gasteiger partial charge in [0.25, 0.3) is 0 Å². The van der Waals surface area contributed by atoms with Gasteiger partial charge in [-0.2, -0.15) is 0 Å². The molecule has 0 radical (unpaired) electrons. The third-order valence-electron chi connectivity index (χ3n) is 3.43. The van der Waals surface area contributed by atoms with Crippen LogP contribution in [0.25, 0.3) is 0 Å². The Labute approximate surface area is 105 Å². The number of ether oxygens (including phenoxy) is 3. The Morgan fingerprint density at radius 2 is 2.11 bits per heavy atom. The number of nitrogens with two attached hydrogens (primary N) is 1. The highest BCUT2D eigenvalue weighted by Gasteiger charge is 2.49. The van der Waals surface area contributed by atoms with Gasteiger partial charge in [0.15, 0.2) is 6.29 Å². The summed E-state index contributed by atoms with van der Waals surface area (Å²) in [7, 11) is 0. The second-order valence-electron chi connectivity index (χ2n) is 4.71. The van der Waals surface area contributed by atoms with Gasteiger partial charge in [0, 0.05) is 0 Å². The molecule has 5 heteroatoms. The Bertz CT molecular complexity index is 399. The molecule has 5 nitrogen and oxygen atoms in total. The van der Waals surface area contributed by atoms with Gasteiger partial charge in [-0.15, -0.1) is 0 Å². The van der Waals surface area contributed by atoms with E-state index < -0.39 is 18.4 Å². The van der Waals surface area contributed by atoms with E-state index in [1.54, 1.807) is 0 Å². The summed E-state index contributed by atoms with van der Waals surface area (Å²) in [4.78, 5) is 0. The fourth-order valence-corrected chi connectivity index (χ4v) is 2.39. The van der Waals surface area contributed by atoms with Crippen molar-refractivity contribution in [2.75, 3.05) is 6.61 Å². The number of aliphatic hydroxyl groups excluding tert-OH is 1. The van der Waals surface area contributed by atoms with E-state index in [-0.39, 0.29) is 12.2 Å². The molecule has 0 saturated carbocycles. The molecule has 1 aromatic rings. The van der Waals surface area contributed by atoms with Crippen molar-refractivity contribution in [3.05, 3.63) is 35.9 Å². The Hall–Kier alpha value is -0.980. The van der Waals surface area contributed by atoms with Crippen molar-refractivity contribution < 1.29 is 19.3 Å². The zero-order valence-electron chi connectivity index (χ0n) is 9.94. The molecule has 0 aromatic heterocycles. The van der Waals surface area contributed by atoms with E-state index in [0.717, 1.165) is 5.56 Å². The van der Waals surface area contributed by atoms with Gasteiger partial charge in [0.05, 0.1) is 19.3 Å². The molecule has 2 heterocycles. The summed E-state index contributed by atoms with van der Waals surface area (Å²) in [6, 6.07) is 9.37. The number of hydrogen-bond acceptors (Lipinski definition) is 5. The van der Waals surface area contributed by atoms with Crippen LogP contribution in [0.15, 0.2) is 30.3 Å². The highest BCUT2D eigenvalue weighted by Crippen LogP contribution is 2.29. The molecule has 18 heavy (non-hydrogen) atoms. The zero-order valence-corrected chi connectivity index (χ0v) is 9.94. The Kier molecular flexibility index (Phi) is 3.32. The van der Waals surface area contributed by atoms with Gasteiger partial charge >= 0.3 is 0 Å². The maximum absolute atomic E-state index is 9.80. The lowest BCUT2D eigenvalue weighted by Gasteiger charge is -2.35. The molecule has 2 fully saturated rings. The second kappa shape index (κ2) is 4.95. The van der Waals surface area contributed by atoms with Crippen LogP contribution in [0.1, 0.15) is 5.56 Å². The molecule has 3 rings (SSSR count). The Balaban J connectivity index is 1.61. The lowest BCUT2D eigenvalue weighted by molar-refractivity contribution is -0.227. The van der Waals surface area contributed by atoms with E-state index in [9.17, 15) is 5.11 Å². The van der Waals surface area contributed by atoms with E-state index in [4.69, 9.17) is 19.9 Å². The second-order valence-corrected chi connectivity index (χ2v) is 4.71. The predicted molar refractivity (Wildman–Crippen MR) is 63.6 cm³/mol. The number of hydrogen-bond donors (Lipinski definition) is 2. The number of benzene rings is 1. The summed E-state index contributed by atoms with van der Waals surface area (Å²) < 4.78 is 16.7. The summed E-state index contributed by atoms with van der Waals surface area (Å²) in [5.74, 6) is 0. The van der Waals surface area contributed by atoms with Gasteiger partial charge in [0.1, 0.15) is 18.3 Å². The smallest absolute Gasteiger partial charge is 0.176 e. The predicted octanol–water partition coefficient (Wildman–Crippen LogP) is 0.0151. The molecule has 1 aromatic carbocycles. The number of rotatable bonds is 3. The Morgan fingerprint density at radius 1 is 1.33 bits per heavy atom. The third kappa shape index (κ3) is 2.15. The minimum Gasteiger partial charge on any atom is -0.388 e. The van der Waals surface area contributed by atoms with Crippen LogP contribution < -0.4 is 5.73 Å². The lowest BCUT2D eigenvalue weighted by atomic mass is 10.0. The average molecular weight is 251 g/mol.